The van der Waals surface area contributed by atoms with Gasteiger partial charge >= 0.3 is 5.97 Å². The first-order valence-corrected chi connectivity index (χ1v) is 11.2. The lowest BCUT2D eigenvalue weighted by Crippen LogP contribution is -2.19. The third-order valence-corrected chi connectivity index (χ3v) is 5.84. The second-order valence-electron chi connectivity index (χ2n) is 7.25. The zero-order valence-corrected chi connectivity index (χ0v) is 20.1. The number of amides is 2. The summed E-state index contributed by atoms with van der Waals surface area (Å²) in [6.45, 7) is 9.20. The number of halogens is 1. The number of carbonyl (C=O) groups excluding carboxylic acids is 3. The predicted molar refractivity (Wildman–Crippen MR) is 127 cm³/mol. The van der Waals surface area contributed by atoms with E-state index in [1.165, 1.54) is 11.3 Å². The predicted octanol–water partition coefficient (Wildman–Crippen LogP) is 4.90. The number of nitrogens with one attached hydrogen (secondary N) is 2. The van der Waals surface area contributed by atoms with Crippen molar-refractivity contribution in [3.8, 4) is 0 Å². The number of nitrogens with zero attached hydrogens (tertiary/aromatic N) is 1. The molecule has 32 heavy (non-hydrogen) atoms. The van der Waals surface area contributed by atoms with Gasteiger partial charge in [-0.3, -0.25) is 9.59 Å². The van der Waals surface area contributed by atoms with Gasteiger partial charge in [-0.1, -0.05) is 36.7 Å². The Balaban J connectivity index is 1.93. The summed E-state index contributed by atoms with van der Waals surface area (Å²) in [5.74, 6) is -1.40. The molecule has 0 aliphatic carbocycles. The molecule has 2 aromatic rings. The molecule has 1 heterocycles. The number of hydrogen-bond acceptors (Lipinski definition) is 7. The zero-order chi connectivity index (χ0) is 23.8. The van der Waals surface area contributed by atoms with Crippen LogP contribution in [0.5, 0.6) is 0 Å². The van der Waals surface area contributed by atoms with Crippen LogP contribution in [0.3, 0.4) is 0 Å². The third-order valence-electron chi connectivity index (χ3n) is 4.19. The summed E-state index contributed by atoms with van der Waals surface area (Å²) in [6, 6.07) is 5.34. The molecule has 0 fully saturated rings. The molecule has 1 aromatic carbocycles. The largest absolute Gasteiger partial charge is 0.462 e. The maximum Gasteiger partial charge on any atom is 0.341 e. The van der Waals surface area contributed by atoms with Crippen LogP contribution in [0.2, 0.25) is 5.02 Å². The minimum atomic E-state index is -0.552. The van der Waals surface area contributed by atoms with Crippen LogP contribution >= 0.6 is 22.9 Å². The van der Waals surface area contributed by atoms with E-state index in [9.17, 15) is 14.4 Å². The zero-order valence-electron chi connectivity index (χ0n) is 18.6. The van der Waals surface area contributed by atoms with Gasteiger partial charge in [0.25, 0.3) is 11.8 Å². The molecule has 0 radical (unpaired) electrons. The van der Waals surface area contributed by atoms with Crippen LogP contribution in [0.25, 0.3) is 0 Å². The van der Waals surface area contributed by atoms with Crippen molar-refractivity contribution in [2.24, 2.45) is 5.16 Å². The van der Waals surface area contributed by atoms with Crippen molar-refractivity contribution in [3.63, 3.8) is 0 Å². The van der Waals surface area contributed by atoms with Crippen LogP contribution in [0.4, 0.5) is 10.7 Å². The van der Waals surface area contributed by atoms with Gasteiger partial charge in [-0.05, 0) is 49.9 Å². The molecule has 0 spiro atoms. The number of thiophene rings is 1. The summed E-state index contributed by atoms with van der Waals surface area (Å²) >= 11 is 7.46. The third kappa shape index (κ3) is 7.06. The SMILES string of the molecule is CCOC(=O)c1cc(C(C)C)sc1NC(=O)CO/N=C/C(=O)Nc1c(C)cc(C)cc1Cl. The molecule has 0 bridgehead atoms. The summed E-state index contributed by atoms with van der Waals surface area (Å²) < 4.78 is 5.05. The number of carbonyl (C=O) groups is 3. The Morgan fingerprint density at radius 1 is 1.19 bits per heavy atom. The summed E-state index contributed by atoms with van der Waals surface area (Å²) in [5.41, 5.74) is 2.57. The van der Waals surface area contributed by atoms with Crippen LogP contribution < -0.4 is 10.6 Å². The Labute approximate surface area is 195 Å². The molecule has 0 unspecified atom stereocenters. The van der Waals surface area contributed by atoms with E-state index in [1.54, 1.807) is 19.1 Å². The topological polar surface area (TPSA) is 106 Å². The Bertz CT molecular complexity index is 1010. The molecule has 0 atom stereocenters. The number of benzene rings is 1. The van der Waals surface area contributed by atoms with Gasteiger partial charge in [-0.15, -0.1) is 11.3 Å². The molecule has 1 aromatic heterocycles. The average Bonchev–Trinajstić information content (AvgIpc) is 3.12. The summed E-state index contributed by atoms with van der Waals surface area (Å²) in [4.78, 5) is 42.2. The first-order chi connectivity index (χ1) is 15.1. The lowest BCUT2D eigenvalue weighted by atomic mass is 10.1. The highest BCUT2D eigenvalue weighted by atomic mass is 35.5. The smallest absolute Gasteiger partial charge is 0.341 e. The second kappa shape index (κ2) is 11.6. The van der Waals surface area contributed by atoms with Gasteiger partial charge in [0.1, 0.15) is 11.2 Å². The molecule has 10 heteroatoms. The van der Waals surface area contributed by atoms with Crippen molar-refractivity contribution in [3.05, 3.63) is 44.8 Å². The van der Waals surface area contributed by atoms with Crippen molar-refractivity contribution >= 4 is 57.6 Å². The fraction of sp³-hybridized carbons (Fsp3) is 0.364. The highest BCUT2D eigenvalue weighted by Gasteiger charge is 2.20. The van der Waals surface area contributed by atoms with Crippen molar-refractivity contribution in [2.45, 2.75) is 40.5 Å². The van der Waals surface area contributed by atoms with Gasteiger partial charge in [0.05, 0.1) is 22.9 Å². The molecular weight excluding hydrogens is 454 g/mol. The van der Waals surface area contributed by atoms with Gasteiger partial charge in [0.2, 0.25) is 0 Å². The Kier molecular flexibility index (Phi) is 9.22. The summed E-state index contributed by atoms with van der Waals surface area (Å²) in [5, 5.41) is 9.58. The van der Waals surface area contributed by atoms with E-state index in [4.69, 9.17) is 21.2 Å². The molecule has 172 valence electrons. The molecule has 2 N–H and O–H groups in total. The number of oxime groups is 1. The van der Waals surface area contributed by atoms with E-state index in [0.717, 1.165) is 22.2 Å². The molecular formula is C22H26ClN3O5S. The number of esters is 1. The standard InChI is InChI=1S/C22H26ClN3O5S/c1-6-30-22(29)15-9-17(12(2)3)32-21(15)26-19(28)11-31-24-10-18(27)25-20-14(5)7-13(4)8-16(20)23/h7-10,12H,6,11H2,1-5H3,(H,25,27)(H,26,28)/b24-10+. The summed E-state index contributed by atoms with van der Waals surface area (Å²) in [6.07, 6.45) is 0.912. The normalized spacial score (nSPS) is 11.0. The van der Waals surface area contributed by atoms with Gasteiger partial charge < -0.3 is 20.2 Å². The van der Waals surface area contributed by atoms with E-state index in [2.05, 4.69) is 15.8 Å². The average molecular weight is 480 g/mol. The lowest BCUT2D eigenvalue weighted by Gasteiger charge is -2.09. The quantitative estimate of drug-likeness (QED) is 0.302. The van der Waals surface area contributed by atoms with E-state index in [0.29, 0.717) is 21.3 Å². The van der Waals surface area contributed by atoms with Crippen LogP contribution in [0.15, 0.2) is 23.4 Å². The minimum absolute atomic E-state index is 0.184. The van der Waals surface area contributed by atoms with Crippen LogP contribution in [0, 0.1) is 13.8 Å². The van der Waals surface area contributed by atoms with Crippen molar-refractivity contribution in [1.82, 2.24) is 0 Å². The number of anilines is 2. The first-order valence-electron chi connectivity index (χ1n) is 9.96. The van der Waals surface area contributed by atoms with E-state index in [-0.39, 0.29) is 12.5 Å². The fourth-order valence-corrected chi connectivity index (χ4v) is 4.15. The monoisotopic (exact) mass is 479 g/mol. The van der Waals surface area contributed by atoms with Crippen LogP contribution in [-0.2, 0) is 19.2 Å². The number of hydrogen-bond donors (Lipinski definition) is 2. The molecule has 8 nitrogen and oxygen atoms in total. The Morgan fingerprint density at radius 3 is 2.53 bits per heavy atom. The molecule has 0 saturated carbocycles. The number of ether oxygens (including phenoxy) is 1. The maximum absolute atomic E-state index is 12.2. The van der Waals surface area contributed by atoms with Gasteiger partial charge in [-0.2, -0.15) is 0 Å². The number of aryl methyl sites for hydroxylation is 2. The number of rotatable bonds is 9. The Morgan fingerprint density at radius 2 is 1.91 bits per heavy atom. The Hall–Kier alpha value is -2.91. The van der Waals surface area contributed by atoms with Crippen molar-refractivity contribution < 1.29 is 24.0 Å². The van der Waals surface area contributed by atoms with Gasteiger partial charge in [0, 0.05) is 4.88 Å². The lowest BCUT2D eigenvalue weighted by molar-refractivity contribution is -0.120. The molecule has 0 aliphatic rings. The summed E-state index contributed by atoms with van der Waals surface area (Å²) in [7, 11) is 0. The van der Waals surface area contributed by atoms with Gasteiger partial charge in [0.15, 0.2) is 6.61 Å². The highest BCUT2D eigenvalue weighted by molar-refractivity contribution is 7.16. The molecule has 2 rings (SSSR count). The van der Waals surface area contributed by atoms with Crippen LogP contribution in [0.1, 0.15) is 53.1 Å². The highest BCUT2D eigenvalue weighted by Crippen LogP contribution is 2.33. The molecule has 0 aliphatic heterocycles. The minimum Gasteiger partial charge on any atom is -0.462 e. The van der Waals surface area contributed by atoms with E-state index < -0.39 is 24.4 Å². The fourth-order valence-electron chi connectivity index (χ4n) is 2.72. The van der Waals surface area contributed by atoms with Crippen LogP contribution in [-0.4, -0.2) is 37.2 Å². The molecule has 0 saturated heterocycles. The van der Waals surface area contributed by atoms with Gasteiger partial charge in [-0.25, -0.2) is 4.79 Å². The van der Waals surface area contributed by atoms with E-state index >= 15 is 0 Å². The molecule has 2 amide bonds. The van der Waals surface area contributed by atoms with Crippen molar-refractivity contribution in [2.75, 3.05) is 23.8 Å². The van der Waals surface area contributed by atoms with E-state index in [1.807, 2.05) is 33.8 Å². The first kappa shape index (κ1) is 25.4. The second-order valence-corrected chi connectivity index (χ2v) is 8.74. The van der Waals surface area contributed by atoms with Crippen molar-refractivity contribution in [1.29, 1.82) is 0 Å². The maximum atomic E-state index is 12.2.